The van der Waals surface area contributed by atoms with Crippen LogP contribution >= 0.6 is 0 Å². The fourth-order valence-electron chi connectivity index (χ4n) is 3.38. The summed E-state index contributed by atoms with van der Waals surface area (Å²) in [5, 5.41) is 16.7. The van der Waals surface area contributed by atoms with Crippen LogP contribution in [0.15, 0.2) is 29.3 Å². The fraction of sp³-hybridized carbons (Fsp3) is 0.450. The number of nitrogens with two attached hydrogens (primary N) is 1. The van der Waals surface area contributed by atoms with E-state index in [2.05, 4.69) is 9.84 Å². The summed E-state index contributed by atoms with van der Waals surface area (Å²) in [6.45, 7) is -2.64. The Hall–Kier alpha value is -3.87. The topological polar surface area (TPSA) is 178 Å². The van der Waals surface area contributed by atoms with Gasteiger partial charge >= 0.3 is 18.9 Å². The van der Waals surface area contributed by atoms with Gasteiger partial charge in [0, 0.05) is 18.4 Å². The van der Waals surface area contributed by atoms with Crippen molar-refractivity contribution in [1.82, 2.24) is 15.1 Å². The fourth-order valence-corrected chi connectivity index (χ4v) is 4.94. The van der Waals surface area contributed by atoms with Gasteiger partial charge in [-0.05, 0) is 32.0 Å². The number of nitrogens with one attached hydrogen (secondary N) is 2. The van der Waals surface area contributed by atoms with Crippen molar-refractivity contribution in [3.8, 4) is 11.6 Å². The molecule has 0 saturated carbocycles. The Balaban J connectivity index is 2.02. The Kier molecular flexibility index (Phi) is 8.15. The van der Waals surface area contributed by atoms with Crippen LogP contribution in [0.5, 0.6) is 11.6 Å². The first-order chi connectivity index (χ1) is 18.0. The second-order valence-electron chi connectivity index (χ2n) is 8.33. The first-order valence-corrected chi connectivity index (χ1v) is 12.4. The maximum atomic E-state index is 13.7. The zero-order chi connectivity index (χ0) is 29.3. The van der Waals surface area contributed by atoms with Gasteiger partial charge in [-0.1, -0.05) is 0 Å². The molecule has 0 bridgehead atoms. The van der Waals surface area contributed by atoms with E-state index in [9.17, 15) is 40.0 Å². The Bertz CT molecular complexity index is 1350. The number of nitrogens with zero attached hydrogens (tertiary/aromatic N) is 3. The maximum Gasteiger partial charge on any atom is 0.415 e. The number of benzene rings is 1. The van der Waals surface area contributed by atoms with Crippen molar-refractivity contribution in [2.45, 2.75) is 49.7 Å². The number of carbonyl (C=O) groups is 2. The molecular weight excluding hydrogens is 563 g/mol. The third-order valence-corrected chi connectivity index (χ3v) is 7.24. The number of hydrogen-bond donors (Lipinski definition) is 4. The largest absolute Gasteiger partial charge is 0.484 e. The average Bonchev–Trinajstić information content (AvgIpc) is 3.24. The number of anilines is 2. The minimum absolute atomic E-state index is 0.0766. The smallest absolute Gasteiger partial charge is 0.415 e. The first-order valence-electron chi connectivity index (χ1n) is 11.0. The van der Waals surface area contributed by atoms with E-state index in [1.807, 2.05) is 10.6 Å². The van der Waals surface area contributed by atoms with Crippen LogP contribution in [-0.4, -0.2) is 72.8 Å². The van der Waals surface area contributed by atoms with Gasteiger partial charge in [-0.3, -0.25) is 19.1 Å². The summed E-state index contributed by atoms with van der Waals surface area (Å²) >= 11 is 0. The number of aromatic nitrogens is 2. The molecule has 3 rings (SSSR count). The number of ether oxygens (including phenoxy) is 2. The minimum atomic E-state index is -5.10. The Morgan fingerprint density at radius 3 is 2.56 bits per heavy atom. The van der Waals surface area contributed by atoms with E-state index in [1.165, 1.54) is 12.1 Å². The summed E-state index contributed by atoms with van der Waals surface area (Å²) in [5.41, 5.74) is 1.51. The predicted molar refractivity (Wildman–Crippen MR) is 123 cm³/mol. The van der Waals surface area contributed by atoms with Gasteiger partial charge < -0.3 is 25.6 Å². The molecule has 2 amide bonds. The number of fused-ring (bicyclic) bond motifs is 1. The third kappa shape index (κ3) is 6.24. The van der Waals surface area contributed by atoms with E-state index >= 15 is 0 Å². The molecule has 1 aromatic heterocycles. The molecule has 39 heavy (non-hydrogen) atoms. The summed E-state index contributed by atoms with van der Waals surface area (Å²) in [7, 11) is -4.79. The molecule has 19 heteroatoms. The van der Waals surface area contributed by atoms with Gasteiger partial charge in [0.25, 0.3) is 15.9 Å². The van der Waals surface area contributed by atoms with Crippen molar-refractivity contribution in [1.29, 1.82) is 0 Å². The number of alkyl halides is 5. The van der Waals surface area contributed by atoms with Crippen molar-refractivity contribution in [2.24, 2.45) is 5.73 Å². The Morgan fingerprint density at radius 2 is 2.00 bits per heavy atom. The highest BCUT2D eigenvalue weighted by Crippen LogP contribution is 2.40. The number of carbonyl (C=O) groups excluding carboxylic acids is 1. The number of amides is 2. The van der Waals surface area contributed by atoms with Gasteiger partial charge in [0.2, 0.25) is 5.91 Å². The highest BCUT2D eigenvalue weighted by molar-refractivity contribution is 7.93. The second-order valence-corrected chi connectivity index (χ2v) is 10.2. The van der Waals surface area contributed by atoms with E-state index < -0.39 is 70.3 Å². The molecule has 0 aliphatic carbocycles. The molecule has 1 unspecified atom stereocenters. The molecule has 1 aliphatic heterocycles. The molecule has 216 valence electrons. The van der Waals surface area contributed by atoms with Gasteiger partial charge in [-0.25, -0.2) is 13.2 Å². The molecule has 5 N–H and O–H groups in total. The molecule has 1 aliphatic rings. The van der Waals surface area contributed by atoms with Gasteiger partial charge in [0.1, 0.15) is 11.9 Å². The zero-order valence-electron chi connectivity index (χ0n) is 20.2. The van der Waals surface area contributed by atoms with Crippen LogP contribution in [0, 0.1) is 0 Å². The summed E-state index contributed by atoms with van der Waals surface area (Å²) in [6, 6.07) is 3.46. The monoisotopic (exact) mass is 586 g/mol. The normalized spacial score (nSPS) is 17.2. The molecule has 0 saturated heterocycles. The SMILES string of the molecule is CCn1cc(S(=O)(=O)N2C[C@H](CNC(=O)C(C)(N)C(F)(F)F)Oc3ccc(NC(=O)O)cc32)c(OC(F)F)n1. The standard InChI is InChI=1S/C20H23F5N6O7S/c1-3-30-9-14(15(29-30)38-17(21)22)39(35,36)31-8-11(7-27-16(32)19(2,26)20(23,24)25)37-13-5-4-10(6-12(13)31)28-18(33)34/h4-6,9,11,17,28H,3,7-8,26H2,1-2H3,(H,27,32)(H,33,34)/t11-,19?/m0/s1. The highest BCUT2D eigenvalue weighted by Gasteiger charge is 2.54. The van der Waals surface area contributed by atoms with E-state index in [-0.39, 0.29) is 23.7 Å². The van der Waals surface area contributed by atoms with Gasteiger partial charge in [0.15, 0.2) is 10.4 Å². The average molecular weight is 586 g/mol. The maximum absolute atomic E-state index is 13.7. The van der Waals surface area contributed by atoms with Crippen molar-refractivity contribution in [3.05, 3.63) is 24.4 Å². The molecule has 2 heterocycles. The van der Waals surface area contributed by atoms with Gasteiger partial charge in [-0.15, -0.1) is 5.10 Å². The number of rotatable bonds is 9. The van der Waals surface area contributed by atoms with Crippen molar-refractivity contribution < 1.29 is 54.5 Å². The Morgan fingerprint density at radius 1 is 1.33 bits per heavy atom. The molecule has 13 nitrogen and oxygen atoms in total. The van der Waals surface area contributed by atoms with Crippen molar-refractivity contribution in [3.63, 3.8) is 0 Å². The molecule has 2 aromatic rings. The van der Waals surface area contributed by atoms with Gasteiger partial charge in [0.05, 0.1) is 18.8 Å². The van der Waals surface area contributed by atoms with Crippen LogP contribution in [0.25, 0.3) is 0 Å². The van der Waals surface area contributed by atoms with Crippen LogP contribution < -0.4 is 30.1 Å². The lowest BCUT2D eigenvalue weighted by Gasteiger charge is -2.36. The van der Waals surface area contributed by atoms with E-state index in [4.69, 9.17) is 15.6 Å². The number of carboxylic acid groups (broad SMARTS) is 1. The van der Waals surface area contributed by atoms with E-state index in [1.54, 1.807) is 6.92 Å². The van der Waals surface area contributed by atoms with Crippen molar-refractivity contribution >= 4 is 33.4 Å². The Labute approximate surface area is 217 Å². The zero-order valence-corrected chi connectivity index (χ0v) is 21.0. The molecule has 0 spiro atoms. The number of hydrogen-bond acceptors (Lipinski definition) is 8. The summed E-state index contributed by atoms with van der Waals surface area (Å²) in [5.74, 6) is -2.71. The van der Waals surface area contributed by atoms with Crippen LogP contribution in [0.2, 0.25) is 0 Å². The molecular formula is C20H23F5N6O7S. The molecule has 1 aromatic carbocycles. The summed E-state index contributed by atoms with van der Waals surface area (Å²) in [6.07, 6.45) is -6.94. The minimum Gasteiger partial charge on any atom is -0.484 e. The van der Waals surface area contributed by atoms with Crippen LogP contribution in [0.1, 0.15) is 13.8 Å². The quantitative estimate of drug-likeness (QED) is 0.320. The van der Waals surface area contributed by atoms with Crippen LogP contribution in [-0.2, 0) is 21.4 Å². The van der Waals surface area contributed by atoms with E-state index in [0.717, 1.165) is 16.9 Å². The number of aryl methyl sites for hydroxylation is 1. The molecule has 0 radical (unpaired) electrons. The number of sulfonamides is 1. The van der Waals surface area contributed by atoms with Crippen molar-refractivity contribution in [2.75, 3.05) is 22.7 Å². The lowest BCUT2D eigenvalue weighted by Crippen LogP contribution is -2.62. The highest BCUT2D eigenvalue weighted by atomic mass is 32.2. The first kappa shape index (κ1) is 29.7. The summed E-state index contributed by atoms with van der Waals surface area (Å²) < 4.78 is 104. The summed E-state index contributed by atoms with van der Waals surface area (Å²) in [4.78, 5) is 22.4. The molecule has 0 fully saturated rings. The van der Waals surface area contributed by atoms with Gasteiger partial charge in [-0.2, -0.15) is 22.0 Å². The lowest BCUT2D eigenvalue weighted by molar-refractivity contribution is -0.187. The second kappa shape index (κ2) is 10.7. The third-order valence-electron chi connectivity index (χ3n) is 5.48. The predicted octanol–water partition coefficient (Wildman–Crippen LogP) is 1.95. The number of halogens is 5. The van der Waals surface area contributed by atoms with E-state index in [0.29, 0.717) is 11.2 Å². The molecule has 2 atom stereocenters. The lowest BCUT2D eigenvalue weighted by atomic mass is 10.0. The van der Waals surface area contributed by atoms with Crippen LogP contribution in [0.4, 0.5) is 38.1 Å². The van der Waals surface area contributed by atoms with Crippen LogP contribution in [0.3, 0.4) is 0 Å².